The molecule has 2 aliphatic heterocycles. The molecule has 0 unspecified atom stereocenters. The second kappa shape index (κ2) is 12.1. The largest absolute Gasteiger partial charge is 2.00 e. The molecule has 5 nitrogen and oxygen atoms in total. The first-order valence-electron chi connectivity index (χ1n) is 15.9. The van der Waals surface area contributed by atoms with Crippen LogP contribution in [0.5, 0.6) is 11.5 Å². The van der Waals surface area contributed by atoms with E-state index in [1.165, 1.54) is 42.4 Å². The van der Waals surface area contributed by atoms with Crippen molar-refractivity contribution in [2.45, 2.75) is 84.1 Å². The molecule has 1 aliphatic carbocycles. The number of pyridine rings is 1. The normalized spacial score (nSPS) is 18.8. The minimum atomic E-state index is -0.227. The topological polar surface area (TPSA) is 47.0 Å². The molecule has 3 heterocycles. The second-order valence-corrected chi connectivity index (χ2v) is 14.1. The van der Waals surface area contributed by atoms with Crippen molar-refractivity contribution in [3.63, 3.8) is 0 Å². The maximum absolute atomic E-state index is 6.50. The Balaban J connectivity index is 0.00000357. The molecule has 0 amide bonds. The van der Waals surface area contributed by atoms with Gasteiger partial charge >= 0.3 is 21.1 Å². The van der Waals surface area contributed by atoms with Gasteiger partial charge in [-0.3, -0.25) is 4.99 Å². The number of aromatic nitrogens is 1. The molecular weight excluding hydrogens is 738 g/mol. The number of para-hydroxylation sites is 1. The molecule has 1 fully saturated rings. The Hall–Kier alpha value is -3.43. The monoisotopic (exact) mass is 778 g/mol. The molecule has 0 saturated heterocycles. The molecule has 4 aromatic rings. The van der Waals surface area contributed by atoms with Crippen molar-refractivity contribution in [1.82, 2.24) is 4.98 Å². The number of rotatable bonds is 5. The van der Waals surface area contributed by atoms with Crippen molar-refractivity contribution in [2.75, 3.05) is 11.5 Å². The number of hydrogen-bond acceptors (Lipinski definition) is 5. The van der Waals surface area contributed by atoms with Crippen molar-refractivity contribution in [3.8, 4) is 11.5 Å². The first-order valence-corrected chi connectivity index (χ1v) is 15.9. The Morgan fingerprint density at radius 2 is 1.71 bits per heavy atom. The molecule has 0 bridgehead atoms. The molecule has 3 aromatic carbocycles. The predicted molar refractivity (Wildman–Crippen MR) is 177 cm³/mol. The van der Waals surface area contributed by atoms with Gasteiger partial charge in [0.2, 0.25) is 0 Å². The molecule has 7 rings (SSSR count). The Bertz CT molecular complexity index is 1750. The van der Waals surface area contributed by atoms with Crippen molar-refractivity contribution < 1.29 is 30.5 Å². The van der Waals surface area contributed by atoms with Gasteiger partial charge in [-0.15, -0.1) is 29.3 Å². The quantitative estimate of drug-likeness (QED) is 0.190. The van der Waals surface area contributed by atoms with Gasteiger partial charge in [0.15, 0.2) is 0 Å². The fourth-order valence-corrected chi connectivity index (χ4v) is 7.00. The van der Waals surface area contributed by atoms with Crippen LogP contribution in [-0.4, -0.2) is 23.5 Å². The van der Waals surface area contributed by atoms with E-state index >= 15 is 0 Å². The number of fused-ring (bicyclic) bond motifs is 2. The zero-order valence-corrected chi connectivity index (χ0v) is 29.3. The summed E-state index contributed by atoms with van der Waals surface area (Å²) in [6, 6.07) is 28.5. The molecule has 234 valence electrons. The van der Waals surface area contributed by atoms with Crippen LogP contribution in [0.2, 0.25) is 0 Å². The molecule has 45 heavy (non-hydrogen) atoms. The van der Waals surface area contributed by atoms with Gasteiger partial charge in [-0.2, -0.15) is 6.07 Å². The molecule has 1 aromatic heterocycles. The summed E-state index contributed by atoms with van der Waals surface area (Å²) in [7, 11) is 0. The first kappa shape index (κ1) is 31.5. The molecule has 1 saturated carbocycles. The third-order valence-electron chi connectivity index (χ3n) is 9.51. The van der Waals surface area contributed by atoms with E-state index in [0.29, 0.717) is 29.9 Å². The van der Waals surface area contributed by atoms with Gasteiger partial charge in [-0.1, -0.05) is 96.0 Å². The summed E-state index contributed by atoms with van der Waals surface area (Å²) < 4.78 is 12.6. The van der Waals surface area contributed by atoms with E-state index in [9.17, 15) is 0 Å². The fourth-order valence-electron chi connectivity index (χ4n) is 7.00. The van der Waals surface area contributed by atoms with Crippen LogP contribution in [0.1, 0.15) is 88.1 Å². The Morgan fingerprint density at radius 3 is 2.49 bits per heavy atom. The van der Waals surface area contributed by atoms with Crippen LogP contribution in [0.25, 0.3) is 0 Å². The number of nitrogens with zero attached hydrogens (tertiary/aromatic N) is 3. The van der Waals surface area contributed by atoms with E-state index in [0.717, 1.165) is 28.3 Å². The zero-order chi connectivity index (χ0) is 30.6. The summed E-state index contributed by atoms with van der Waals surface area (Å²) >= 11 is 0. The average molecular weight is 779 g/mol. The Labute approximate surface area is 282 Å². The minimum absolute atomic E-state index is 0. The number of ether oxygens (including phenoxy) is 2. The minimum Gasteiger partial charge on any atom is -0.518 e. The van der Waals surface area contributed by atoms with Crippen molar-refractivity contribution >= 4 is 23.1 Å². The van der Waals surface area contributed by atoms with Gasteiger partial charge in [-0.25, -0.2) is 4.98 Å². The molecule has 1 atom stereocenters. The predicted octanol–water partition coefficient (Wildman–Crippen LogP) is 9.52. The summed E-state index contributed by atoms with van der Waals surface area (Å²) in [4.78, 5) is 12.1. The molecular formula is C39H41N3O2Pt. The summed E-state index contributed by atoms with van der Waals surface area (Å²) in [6.45, 7) is 14.0. The average Bonchev–Trinajstić information content (AvgIpc) is 3.70. The number of hydrogen-bond donors (Lipinski definition) is 0. The fraction of sp³-hybridized carbons (Fsp3) is 0.385. The van der Waals surface area contributed by atoms with Crippen molar-refractivity contribution in [2.24, 2.45) is 10.9 Å². The summed E-state index contributed by atoms with van der Waals surface area (Å²) in [6.07, 6.45) is 7.01. The van der Waals surface area contributed by atoms with E-state index < -0.39 is 0 Å². The number of aryl methyl sites for hydroxylation is 1. The number of aliphatic imine (C=N–C) groups is 1. The molecule has 3 aliphatic rings. The van der Waals surface area contributed by atoms with Crippen LogP contribution in [0, 0.1) is 25.0 Å². The van der Waals surface area contributed by atoms with Gasteiger partial charge < -0.3 is 14.4 Å². The summed E-state index contributed by atoms with van der Waals surface area (Å²) in [5.41, 5.74) is 7.39. The van der Waals surface area contributed by atoms with Crippen LogP contribution in [0.4, 0.5) is 17.2 Å². The van der Waals surface area contributed by atoms with E-state index in [4.69, 9.17) is 19.5 Å². The van der Waals surface area contributed by atoms with Crippen LogP contribution in [0.3, 0.4) is 0 Å². The second-order valence-electron chi connectivity index (χ2n) is 14.1. The number of anilines is 3. The van der Waals surface area contributed by atoms with Crippen molar-refractivity contribution in [3.05, 3.63) is 107 Å². The van der Waals surface area contributed by atoms with Crippen LogP contribution in [0.15, 0.2) is 71.9 Å². The van der Waals surface area contributed by atoms with Gasteiger partial charge in [-0.05, 0) is 58.9 Å². The van der Waals surface area contributed by atoms with Gasteiger partial charge in [0.25, 0.3) is 0 Å². The van der Waals surface area contributed by atoms with Crippen LogP contribution in [-0.2, 0) is 36.6 Å². The standard InChI is InChI=1S/C39H41N3O2.Pt/c1-25-19-27(37-41-33(24-43-37)26-11-7-8-12-26)21-30(20-25)44-29-15-16-32-35(23-29)42(34-14-10-9-13-31(34)39(32,5)6)36-22-28(17-18-40-36)38(2,3)4;/h9-10,13-20,22,26,33H,7-8,11-12,24H2,1-6H3;/q-2;+2/t33-;/m0./s1. The van der Waals surface area contributed by atoms with Gasteiger partial charge in [0.1, 0.15) is 11.7 Å². The molecule has 0 N–H and O–H groups in total. The molecule has 6 heteroatoms. The van der Waals surface area contributed by atoms with E-state index in [2.05, 4.69) is 107 Å². The zero-order valence-electron chi connectivity index (χ0n) is 27.0. The Kier molecular flexibility index (Phi) is 8.46. The van der Waals surface area contributed by atoms with Crippen LogP contribution >= 0.6 is 0 Å². The smallest absolute Gasteiger partial charge is 0.518 e. The Morgan fingerprint density at radius 1 is 0.933 bits per heavy atom. The van der Waals surface area contributed by atoms with E-state index in [-0.39, 0.29) is 37.9 Å². The maximum Gasteiger partial charge on any atom is 2.00 e. The van der Waals surface area contributed by atoms with Gasteiger partial charge in [0, 0.05) is 23.4 Å². The molecule has 0 radical (unpaired) electrons. The third-order valence-corrected chi connectivity index (χ3v) is 9.51. The van der Waals surface area contributed by atoms with E-state index in [1.54, 1.807) is 0 Å². The van der Waals surface area contributed by atoms with Crippen molar-refractivity contribution in [1.29, 1.82) is 0 Å². The van der Waals surface area contributed by atoms with Crippen LogP contribution < -0.4 is 9.64 Å². The maximum atomic E-state index is 6.50. The first-order chi connectivity index (χ1) is 21.1. The third kappa shape index (κ3) is 5.97. The number of benzene rings is 3. The summed E-state index contributed by atoms with van der Waals surface area (Å²) in [5.74, 6) is 3.43. The molecule has 0 spiro atoms. The summed E-state index contributed by atoms with van der Waals surface area (Å²) in [5, 5.41) is 0. The van der Waals surface area contributed by atoms with Gasteiger partial charge in [0.05, 0.1) is 12.6 Å². The van der Waals surface area contributed by atoms with E-state index in [1.807, 2.05) is 18.3 Å². The SMILES string of the molecule is Cc1cc(Oc2[c-]c3c(cc2)C(C)(C)c2ccccc2N3c2cc(C(C)(C)C)ccn2)[c-]c(C2=N[C@H](C3CCCC3)CO2)c1.[Pt+2].